The average molecular weight is 372 g/mol. The lowest BCUT2D eigenvalue weighted by Gasteiger charge is -2.04. The van der Waals surface area contributed by atoms with E-state index in [1.54, 1.807) is 12.1 Å². The van der Waals surface area contributed by atoms with Gasteiger partial charge in [-0.3, -0.25) is 0 Å². The maximum atomic E-state index is 11.0. The molecule has 6 nitrogen and oxygen atoms in total. The Balaban J connectivity index is 1.93. The number of rotatable bonds is 7. The Kier molecular flexibility index (Phi) is 6.43. The fourth-order valence-corrected chi connectivity index (χ4v) is 6.73. The van der Waals surface area contributed by atoms with E-state index in [9.17, 15) is 9.59 Å². The van der Waals surface area contributed by atoms with Gasteiger partial charge in [-0.05, 0) is 65.5 Å². The summed E-state index contributed by atoms with van der Waals surface area (Å²) in [4.78, 5) is 30.1. The Hall–Kier alpha value is -1.36. The monoisotopic (exact) mass is 372 g/mol. The predicted octanol–water partition coefficient (Wildman–Crippen LogP) is 3.97. The SMILES string of the molecule is O=C(O)c1cccnc1SSSSc1ncccc1C(=O)O. The zero-order valence-electron chi connectivity index (χ0n) is 10.7. The fraction of sp³-hybridized carbons (Fsp3) is 0. The van der Waals surface area contributed by atoms with E-state index in [4.69, 9.17) is 10.2 Å². The van der Waals surface area contributed by atoms with Crippen molar-refractivity contribution in [2.75, 3.05) is 0 Å². The van der Waals surface area contributed by atoms with Crippen LogP contribution in [0.25, 0.3) is 0 Å². The van der Waals surface area contributed by atoms with Crippen LogP contribution in [0.1, 0.15) is 20.7 Å². The largest absolute Gasteiger partial charge is 0.478 e. The summed E-state index contributed by atoms with van der Waals surface area (Å²) in [5.74, 6) is -2.07. The normalized spacial score (nSPS) is 10.4. The molecule has 0 saturated carbocycles. The molecule has 2 aromatic rings. The molecule has 0 amide bonds. The number of aromatic carboxylic acids is 2. The molecular formula is C12H8N2O4S4. The van der Waals surface area contributed by atoms with Gasteiger partial charge in [0.05, 0.1) is 11.1 Å². The van der Waals surface area contributed by atoms with Crippen LogP contribution in [0, 0.1) is 0 Å². The van der Waals surface area contributed by atoms with E-state index in [1.807, 2.05) is 0 Å². The van der Waals surface area contributed by atoms with Gasteiger partial charge in [0.15, 0.2) is 0 Å². The van der Waals surface area contributed by atoms with Crippen LogP contribution in [-0.2, 0) is 0 Å². The van der Waals surface area contributed by atoms with Gasteiger partial charge in [-0.1, -0.05) is 0 Å². The first-order chi connectivity index (χ1) is 10.6. The Morgan fingerprint density at radius 1 is 0.818 bits per heavy atom. The molecule has 0 aliphatic heterocycles. The van der Waals surface area contributed by atoms with Gasteiger partial charge < -0.3 is 10.2 Å². The van der Waals surface area contributed by atoms with Crippen LogP contribution in [0.3, 0.4) is 0 Å². The molecular weight excluding hydrogens is 364 g/mol. The second-order valence-electron chi connectivity index (χ2n) is 3.63. The first-order valence-corrected chi connectivity index (χ1v) is 10.5. The van der Waals surface area contributed by atoms with Gasteiger partial charge in [0, 0.05) is 12.4 Å². The molecule has 0 bridgehead atoms. The molecule has 2 rings (SSSR count). The standard InChI is InChI=1S/C12H8N2O4S4/c15-11(16)7-3-1-5-13-9(7)19-21-22-20-10-8(12(17)18)4-2-6-14-10/h1-6H,(H,15,16)(H,17,18). The first-order valence-electron chi connectivity index (χ1n) is 5.64. The lowest BCUT2D eigenvalue weighted by molar-refractivity contribution is 0.0681. The lowest BCUT2D eigenvalue weighted by Crippen LogP contribution is -1.99. The molecule has 0 atom stereocenters. The van der Waals surface area contributed by atoms with E-state index in [-0.39, 0.29) is 11.1 Å². The summed E-state index contributed by atoms with van der Waals surface area (Å²) in [7, 11) is 4.98. The van der Waals surface area contributed by atoms with Crippen molar-refractivity contribution < 1.29 is 19.8 Å². The van der Waals surface area contributed by atoms with Gasteiger partial charge in [0.1, 0.15) is 10.1 Å². The molecule has 0 saturated heterocycles. The Morgan fingerprint density at radius 3 is 1.59 bits per heavy atom. The minimum absolute atomic E-state index is 0.134. The third kappa shape index (κ3) is 4.57. The van der Waals surface area contributed by atoms with E-state index >= 15 is 0 Å². The third-order valence-electron chi connectivity index (χ3n) is 2.26. The third-order valence-corrected chi connectivity index (χ3v) is 8.16. The fourth-order valence-electron chi connectivity index (χ4n) is 1.33. The number of carboxylic acid groups (broad SMARTS) is 2. The number of hydrogen-bond donors (Lipinski definition) is 2. The van der Waals surface area contributed by atoms with Crippen molar-refractivity contribution in [3.8, 4) is 0 Å². The van der Waals surface area contributed by atoms with E-state index < -0.39 is 11.9 Å². The highest BCUT2D eigenvalue weighted by atomic mass is 33.7. The molecule has 114 valence electrons. The van der Waals surface area contributed by atoms with Crippen molar-refractivity contribution in [2.45, 2.75) is 10.1 Å². The Bertz CT molecular complexity index is 639. The second kappa shape index (κ2) is 8.32. The van der Waals surface area contributed by atoms with Crippen molar-refractivity contribution >= 4 is 53.2 Å². The maximum absolute atomic E-state index is 11.0. The van der Waals surface area contributed by atoms with Gasteiger partial charge in [-0.15, -0.1) is 0 Å². The molecule has 22 heavy (non-hydrogen) atoms. The first kappa shape index (κ1) is 17.0. The van der Waals surface area contributed by atoms with E-state index in [0.717, 1.165) is 0 Å². The number of nitrogens with zero attached hydrogens (tertiary/aromatic N) is 2. The number of carbonyl (C=O) groups is 2. The molecule has 0 aromatic carbocycles. The summed E-state index contributed by atoms with van der Waals surface area (Å²) in [6.07, 6.45) is 3.04. The van der Waals surface area contributed by atoms with E-state index in [1.165, 1.54) is 65.8 Å². The van der Waals surface area contributed by atoms with Crippen molar-refractivity contribution in [1.82, 2.24) is 9.97 Å². The van der Waals surface area contributed by atoms with Crippen LogP contribution in [-0.4, -0.2) is 32.1 Å². The number of aromatic nitrogens is 2. The van der Waals surface area contributed by atoms with Gasteiger partial charge in [0.25, 0.3) is 0 Å². The predicted molar refractivity (Wildman–Crippen MR) is 89.3 cm³/mol. The minimum atomic E-state index is -1.04. The zero-order valence-corrected chi connectivity index (χ0v) is 14.0. The van der Waals surface area contributed by atoms with Crippen molar-refractivity contribution in [1.29, 1.82) is 0 Å². The number of carboxylic acids is 2. The lowest BCUT2D eigenvalue weighted by atomic mass is 10.3. The van der Waals surface area contributed by atoms with Gasteiger partial charge in [-0.25, -0.2) is 19.6 Å². The number of hydrogen-bond acceptors (Lipinski definition) is 8. The molecule has 0 fully saturated rings. The second-order valence-corrected chi connectivity index (χ2v) is 9.27. The Labute approximate surface area is 140 Å². The van der Waals surface area contributed by atoms with Crippen LogP contribution in [0.15, 0.2) is 46.7 Å². The van der Waals surface area contributed by atoms with Gasteiger partial charge in [-0.2, -0.15) is 0 Å². The molecule has 2 heterocycles. The summed E-state index contributed by atoms with van der Waals surface area (Å²) in [6.45, 7) is 0. The molecule has 0 aliphatic carbocycles. The van der Waals surface area contributed by atoms with Crippen LogP contribution >= 0.6 is 41.2 Å². The smallest absolute Gasteiger partial charge is 0.338 e. The highest BCUT2D eigenvalue weighted by Gasteiger charge is 2.14. The molecule has 0 spiro atoms. The molecule has 2 N–H and O–H groups in total. The molecule has 0 aliphatic rings. The Morgan fingerprint density at radius 2 is 1.23 bits per heavy atom. The molecule has 0 unspecified atom stereocenters. The van der Waals surface area contributed by atoms with E-state index in [0.29, 0.717) is 10.1 Å². The summed E-state index contributed by atoms with van der Waals surface area (Å²) in [6, 6.07) is 6.09. The van der Waals surface area contributed by atoms with Crippen LogP contribution in [0.4, 0.5) is 0 Å². The van der Waals surface area contributed by atoms with Crippen LogP contribution in [0.5, 0.6) is 0 Å². The van der Waals surface area contributed by atoms with Crippen LogP contribution in [0.2, 0.25) is 0 Å². The maximum Gasteiger partial charge on any atom is 0.338 e. The number of pyridine rings is 2. The summed E-state index contributed by atoms with van der Waals surface area (Å²) in [5.41, 5.74) is 0.268. The zero-order chi connectivity index (χ0) is 15.9. The van der Waals surface area contributed by atoms with Crippen LogP contribution < -0.4 is 0 Å². The van der Waals surface area contributed by atoms with Gasteiger partial charge >= 0.3 is 11.9 Å². The summed E-state index contributed by atoms with van der Waals surface area (Å²) >= 11 is 0. The highest BCUT2D eigenvalue weighted by molar-refractivity contribution is 9.26. The van der Waals surface area contributed by atoms with Gasteiger partial charge in [0.2, 0.25) is 0 Å². The minimum Gasteiger partial charge on any atom is -0.478 e. The summed E-state index contributed by atoms with van der Waals surface area (Å²) in [5, 5.41) is 18.9. The summed E-state index contributed by atoms with van der Waals surface area (Å²) < 4.78 is 0. The average Bonchev–Trinajstić information content (AvgIpc) is 2.52. The van der Waals surface area contributed by atoms with Crippen molar-refractivity contribution in [3.05, 3.63) is 47.8 Å². The van der Waals surface area contributed by atoms with E-state index in [2.05, 4.69) is 9.97 Å². The van der Waals surface area contributed by atoms with Crippen molar-refractivity contribution in [3.63, 3.8) is 0 Å². The topological polar surface area (TPSA) is 100 Å². The van der Waals surface area contributed by atoms with Crippen molar-refractivity contribution in [2.24, 2.45) is 0 Å². The highest BCUT2D eigenvalue weighted by Crippen LogP contribution is 2.49. The molecule has 2 aromatic heterocycles. The molecule has 10 heteroatoms. The molecule has 0 radical (unpaired) electrons. The quantitative estimate of drug-likeness (QED) is 0.548.